The van der Waals surface area contributed by atoms with Gasteiger partial charge in [0.05, 0.1) is 22.0 Å². The van der Waals surface area contributed by atoms with Crippen LogP contribution in [0.3, 0.4) is 0 Å². The number of fused-ring (bicyclic) bond motifs is 1. The summed E-state index contributed by atoms with van der Waals surface area (Å²) in [6.45, 7) is -0.646. The Hall–Kier alpha value is -5.42. The molecule has 204 valence electrons. The lowest BCUT2D eigenvalue weighted by atomic mass is 10.2. The van der Waals surface area contributed by atoms with Crippen molar-refractivity contribution in [2.24, 2.45) is 5.10 Å². The molecule has 4 aromatic carbocycles. The van der Waals surface area contributed by atoms with Crippen LogP contribution in [0.25, 0.3) is 22.3 Å². The smallest absolute Gasteiger partial charge is 0.313 e. The summed E-state index contributed by atoms with van der Waals surface area (Å²) < 4.78 is 20.1. The van der Waals surface area contributed by atoms with Crippen LogP contribution in [0, 0.1) is 15.9 Å². The second kappa shape index (κ2) is 11.8. The fourth-order valence-electron chi connectivity index (χ4n) is 4.01. The van der Waals surface area contributed by atoms with Crippen LogP contribution >= 0.6 is 11.6 Å². The van der Waals surface area contributed by atoms with Gasteiger partial charge >= 0.3 is 5.69 Å². The van der Waals surface area contributed by atoms with Crippen molar-refractivity contribution < 1.29 is 18.8 Å². The van der Waals surface area contributed by atoms with Crippen LogP contribution in [0.4, 0.5) is 15.8 Å². The number of benzene rings is 4. The summed E-state index contributed by atoms with van der Waals surface area (Å²) in [5, 5.41) is 18.9. The molecule has 0 radical (unpaired) electrons. The van der Waals surface area contributed by atoms with Crippen molar-refractivity contribution in [3.8, 4) is 17.1 Å². The fourth-order valence-corrected chi connectivity index (χ4v) is 4.24. The van der Waals surface area contributed by atoms with Gasteiger partial charge in [0.15, 0.2) is 12.4 Å². The minimum atomic E-state index is -0.720. The molecule has 1 amide bonds. The molecule has 5 rings (SSSR count). The Balaban J connectivity index is 1.55. The third kappa shape index (κ3) is 6.10. The number of anilines is 1. The lowest BCUT2D eigenvalue weighted by Gasteiger charge is -2.12. The van der Waals surface area contributed by atoms with E-state index in [1.54, 1.807) is 48.5 Å². The van der Waals surface area contributed by atoms with Gasteiger partial charge in [0, 0.05) is 27.9 Å². The van der Waals surface area contributed by atoms with Gasteiger partial charge in [-0.3, -0.25) is 19.7 Å². The molecular weight excluding hydrogens is 553 g/mol. The van der Waals surface area contributed by atoms with Crippen LogP contribution in [0.15, 0.2) is 101 Å². The number of nitro benzene ring substituents is 1. The summed E-state index contributed by atoms with van der Waals surface area (Å²) in [4.78, 5) is 41.6. The number of amides is 1. The number of carbonyl (C=O) groups is 1. The van der Waals surface area contributed by atoms with E-state index in [0.717, 1.165) is 16.8 Å². The van der Waals surface area contributed by atoms with Crippen LogP contribution in [0.5, 0.6) is 5.75 Å². The molecule has 0 fully saturated rings. The number of rotatable bonds is 8. The number of hydrogen-bond donors (Lipinski definition) is 1. The van der Waals surface area contributed by atoms with Crippen molar-refractivity contribution in [1.29, 1.82) is 0 Å². The average Bonchev–Trinajstić information content (AvgIpc) is 2.96. The number of carbonyl (C=O) groups excluding carboxylic acids is 1. The number of nitro groups is 1. The zero-order valence-electron chi connectivity index (χ0n) is 21.0. The molecular formula is C29H19ClFN5O5. The second-order valence-electron chi connectivity index (χ2n) is 8.63. The van der Waals surface area contributed by atoms with Gasteiger partial charge in [-0.25, -0.2) is 9.37 Å². The average molecular weight is 572 g/mol. The maximum atomic E-state index is 13.5. The molecule has 0 saturated heterocycles. The van der Waals surface area contributed by atoms with E-state index in [0.29, 0.717) is 16.5 Å². The fraction of sp³-hybridized carbons (Fsp3) is 0.0345. The van der Waals surface area contributed by atoms with E-state index in [1.807, 2.05) is 6.07 Å². The summed E-state index contributed by atoms with van der Waals surface area (Å²) in [6, 6.07) is 23.3. The molecule has 0 atom stereocenters. The van der Waals surface area contributed by atoms with Crippen molar-refractivity contribution in [3.63, 3.8) is 0 Å². The number of nitrogens with zero attached hydrogens (tertiary/aromatic N) is 4. The molecule has 0 saturated carbocycles. The standard InChI is InChI=1S/C29H19ClFN5O5/c30-20-13-19(27(25(14-20)36(39)40)41-17-26(37)33-22-10-6-9-21(31)15-22)16-32-35-28(18-7-2-1-3-8-18)34-24-12-5-4-11-23(24)29(35)38/h1-16H,17H2,(H,33,37). The van der Waals surface area contributed by atoms with Crippen LogP contribution in [0.2, 0.25) is 5.02 Å². The summed E-state index contributed by atoms with van der Waals surface area (Å²) in [5.74, 6) is -1.31. The Kier molecular flexibility index (Phi) is 7.79. The highest BCUT2D eigenvalue weighted by Gasteiger charge is 2.22. The van der Waals surface area contributed by atoms with Gasteiger partial charge in [-0.1, -0.05) is 60.1 Å². The molecule has 0 spiro atoms. The third-order valence-corrected chi connectivity index (χ3v) is 6.03. The largest absolute Gasteiger partial charge is 0.476 e. The van der Waals surface area contributed by atoms with Gasteiger partial charge in [-0.05, 0) is 36.4 Å². The van der Waals surface area contributed by atoms with Gasteiger partial charge in [-0.2, -0.15) is 9.78 Å². The highest BCUT2D eigenvalue weighted by Crippen LogP contribution is 2.34. The highest BCUT2D eigenvalue weighted by molar-refractivity contribution is 6.31. The van der Waals surface area contributed by atoms with Gasteiger partial charge < -0.3 is 10.1 Å². The number of nitrogens with one attached hydrogen (secondary N) is 1. The quantitative estimate of drug-likeness (QED) is 0.145. The molecule has 5 aromatic rings. The predicted octanol–water partition coefficient (Wildman–Crippen LogP) is 5.66. The van der Waals surface area contributed by atoms with E-state index in [2.05, 4.69) is 15.4 Å². The Morgan fingerprint density at radius 2 is 1.83 bits per heavy atom. The summed E-state index contributed by atoms with van der Waals surface area (Å²) in [7, 11) is 0. The first-order chi connectivity index (χ1) is 19.8. The monoisotopic (exact) mass is 571 g/mol. The first-order valence-electron chi connectivity index (χ1n) is 12.1. The zero-order chi connectivity index (χ0) is 28.9. The molecule has 1 heterocycles. The Labute approximate surface area is 236 Å². The minimum absolute atomic E-state index is 0.00183. The van der Waals surface area contributed by atoms with E-state index in [1.165, 1.54) is 30.5 Å². The van der Waals surface area contributed by atoms with Crippen LogP contribution in [-0.2, 0) is 4.79 Å². The summed E-state index contributed by atoms with van der Waals surface area (Å²) in [6.07, 6.45) is 1.17. The molecule has 0 unspecified atom stereocenters. The molecule has 0 bridgehead atoms. The van der Waals surface area contributed by atoms with Crippen LogP contribution in [-0.4, -0.2) is 33.3 Å². The SMILES string of the molecule is O=C(COc1c(C=Nn2c(-c3ccccc3)nc3ccccc3c2=O)cc(Cl)cc1[N+](=O)[O-])Nc1cccc(F)c1. The maximum Gasteiger partial charge on any atom is 0.313 e. The molecule has 0 aliphatic rings. The number of aromatic nitrogens is 2. The lowest BCUT2D eigenvalue weighted by Crippen LogP contribution is -2.21. The van der Waals surface area contributed by atoms with Crippen molar-refractivity contribution in [2.45, 2.75) is 0 Å². The predicted molar refractivity (Wildman–Crippen MR) is 153 cm³/mol. The van der Waals surface area contributed by atoms with Crippen LogP contribution in [0.1, 0.15) is 5.56 Å². The minimum Gasteiger partial charge on any atom is -0.476 e. The highest BCUT2D eigenvalue weighted by atomic mass is 35.5. The molecule has 0 aliphatic carbocycles. The third-order valence-electron chi connectivity index (χ3n) is 5.81. The first kappa shape index (κ1) is 27.2. The van der Waals surface area contributed by atoms with Crippen molar-refractivity contribution >= 4 is 46.0 Å². The molecule has 10 nitrogen and oxygen atoms in total. The zero-order valence-corrected chi connectivity index (χ0v) is 21.8. The van der Waals surface area contributed by atoms with Gasteiger partial charge in [-0.15, -0.1) is 0 Å². The van der Waals surface area contributed by atoms with E-state index in [-0.39, 0.29) is 27.8 Å². The van der Waals surface area contributed by atoms with Gasteiger partial charge in [0.25, 0.3) is 11.5 Å². The Bertz CT molecular complexity index is 1880. The number of hydrogen-bond acceptors (Lipinski definition) is 7. The van der Waals surface area contributed by atoms with E-state index >= 15 is 0 Å². The number of halogens is 2. The van der Waals surface area contributed by atoms with Gasteiger partial charge in [0.2, 0.25) is 5.75 Å². The van der Waals surface area contributed by atoms with E-state index < -0.39 is 34.5 Å². The molecule has 41 heavy (non-hydrogen) atoms. The summed E-state index contributed by atoms with van der Waals surface area (Å²) in [5.41, 5.74) is 0.290. The normalized spacial score (nSPS) is 11.1. The number of ether oxygens (including phenoxy) is 1. The maximum absolute atomic E-state index is 13.5. The number of para-hydroxylation sites is 1. The molecule has 12 heteroatoms. The molecule has 1 aromatic heterocycles. The topological polar surface area (TPSA) is 129 Å². The Morgan fingerprint density at radius 3 is 2.59 bits per heavy atom. The molecule has 0 aliphatic heterocycles. The van der Waals surface area contributed by atoms with E-state index in [4.69, 9.17) is 16.3 Å². The van der Waals surface area contributed by atoms with Crippen molar-refractivity contribution in [2.75, 3.05) is 11.9 Å². The molecule has 1 N–H and O–H groups in total. The van der Waals surface area contributed by atoms with Crippen molar-refractivity contribution in [1.82, 2.24) is 9.66 Å². The lowest BCUT2D eigenvalue weighted by molar-refractivity contribution is -0.385. The first-order valence-corrected chi connectivity index (χ1v) is 12.5. The van der Waals surface area contributed by atoms with Crippen molar-refractivity contribution in [3.05, 3.63) is 128 Å². The van der Waals surface area contributed by atoms with Gasteiger partial charge in [0.1, 0.15) is 5.82 Å². The second-order valence-corrected chi connectivity index (χ2v) is 9.06. The summed E-state index contributed by atoms with van der Waals surface area (Å²) >= 11 is 6.15. The van der Waals surface area contributed by atoms with E-state index in [9.17, 15) is 24.1 Å². The Morgan fingerprint density at radius 1 is 1.07 bits per heavy atom. The van der Waals surface area contributed by atoms with Crippen LogP contribution < -0.4 is 15.6 Å².